The van der Waals surface area contributed by atoms with Gasteiger partial charge in [-0.15, -0.1) is 0 Å². The second kappa shape index (κ2) is 12.5. The number of rotatable bonds is 2. The lowest BCUT2D eigenvalue weighted by Crippen LogP contribution is -2.62. The minimum atomic E-state index is -0.552. The number of aliphatic hydroxyl groups excluding tert-OH is 1. The van der Waals surface area contributed by atoms with Crippen LogP contribution in [-0.4, -0.2) is 73.1 Å². The van der Waals surface area contributed by atoms with Crippen LogP contribution in [0.3, 0.4) is 0 Å². The summed E-state index contributed by atoms with van der Waals surface area (Å²) in [6, 6.07) is 0. The number of nitrogens with one attached hydrogen (secondary N) is 8. The molecule has 9 rings (SSSR count). The van der Waals surface area contributed by atoms with Crippen LogP contribution >= 0.6 is 0 Å². The van der Waals surface area contributed by atoms with Gasteiger partial charge in [0.1, 0.15) is 12.7 Å². The van der Waals surface area contributed by atoms with Crippen molar-refractivity contribution in [2.75, 3.05) is 6.61 Å². The summed E-state index contributed by atoms with van der Waals surface area (Å²) in [5.74, 6) is 3.83. The molecule has 0 aromatic carbocycles. The second-order valence-electron chi connectivity index (χ2n) is 16.3. The molecular weight excluding hydrogens is 568 g/mol. The van der Waals surface area contributed by atoms with Crippen molar-refractivity contribution in [3.63, 3.8) is 0 Å². The minimum absolute atomic E-state index is 0.0326. The van der Waals surface area contributed by atoms with Crippen LogP contribution in [0.4, 0.5) is 0 Å². The van der Waals surface area contributed by atoms with E-state index in [1.54, 1.807) is 0 Å². The fraction of sp³-hybridized carbons (Fsp3) is 0.971. The zero-order valence-electron chi connectivity index (χ0n) is 26.9. The Morgan fingerprint density at radius 2 is 0.756 bits per heavy atom. The van der Waals surface area contributed by atoms with E-state index in [-0.39, 0.29) is 42.9 Å². The van der Waals surface area contributed by atoms with Gasteiger partial charge < -0.3 is 9.84 Å². The molecule has 11 nitrogen and oxygen atoms in total. The molecule has 0 aromatic heterocycles. The van der Waals surface area contributed by atoms with Gasteiger partial charge in [-0.05, 0) is 99.2 Å². The Balaban J connectivity index is 1.06. The number of ether oxygens (including phenoxy) is 1. The lowest BCUT2D eigenvalue weighted by molar-refractivity contribution is -0.158. The molecule has 9 fully saturated rings. The zero-order valence-corrected chi connectivity index (χ0v) is 26.9. The Bertz CT molecular complexity index is 1080. The molecule has 0 amide bonds. The zero-order chi connectivity index (χ0) is 30.1. The van der Waals surface area contributed by atoms with E-state index in [2.05, 4.69) is 42.5 Å². The van der Waals surface area contributed by atoms with Gasteiger partial charge in [-0.25, -0.2) is 4.79 Å². The number of carbonyl (C=O) groups excluding carboxylic acids is 1. The number of hydrogen-bond acceptors (Lipinski definition) is 11. The van der Waals surface area contributed by atoms with Gasteiger partial charge in [0, 0.05) is 5.92 Å². The Hall–Kier alpha value is -0.890. The maximum absolute atomic E-state index is 12.4. The first-order valence-corrected chi connectivity index (χ1v) is 19.0. The molecule has 5 saturated heterocycles. The predicted octanol–water partition coefficient (Wildman–Crippen LogP) is 1.12. The van der Waals surface area contributed by atoms with Crippen molar-refractivity contribution in [1.29, 1.82) is 0 Å². The number of fused-ring (bicyclic) bond motifs is 20. The molecule has 252 valence electrons. The molecule has 9 aliphatic rings. The van der Waals surface area contributed by atoms with Crippen molar-refractivity contribution in [2.45, 2.75) is 152 Å². The van der Waals surface area contributed by atoms with E-state index in [0.717, 1.165) is 19.3 Å². The van der Waals surface area contributed by atoms with Crippen molar-refractivity contribution in [3.05, 3.63) is 0 Å². The van der Waals surface area contributed by atoms with E-state index >= 15 is 0 Å². The van der Waals surface area contributed by atoms with E-state index in [9.17, 15) is 9.90 Å². The number of carbonyl (C=O) groups is 1. The van der Waals surface area contributed by atoms with E-state index in [1.165, 1.54) is 77.0 Å². The molecular formula is C34H58N8O3. The Kier molecular flexibility index (Phi) is 8.41. The second-order valence-corrected chi connectivity index (χ2v) is 16.3. The molecule has 17 unspecified atom stereocenters. The summed E-state index contributed by atoms with van der Waals surface area (Å²) in [6.45, 7) is -0.552. The van der Waals surface area contributed by atoms with Gasteiger partial charge in [-0.2, -0.15) is 0 Å². The molecule has 4 aliphatic carbocycles. The first kappa shape index (κ1) is 30.2. The molecule has 8 bridgehead atoms. The maximum atomic E-state index is 12.4. The monoisotopic (exact) mass is 626 g/mol. The van der Waals surface area contributed by atoms with E-state index in [1.807, 2.05) is 0 Å². The van der Waals surface area contributed by atoms with Crippen LogP contribution < -0.4 is 42.5 Å². The molecule has 4 saturated carbocycles. The summed E-state index contributed by atoms with van der Waals surface area (Å²) < 4.78 is 5.98. The van der Waals surface area contributed by atoms with Gasteiger partial charge >= 0.3 is 5.97 Å². The lowest BCUT2D eigenvalue weighted by atomic mass is 9.75. The summed E-state index contributed by atoms with van der Waals surface area (Å²) in [4.78, 5) is 12.4. The normalized spacial score (nSPS) is 54.0. The SMILES string of the molecule is O=C(CO)OC1CCCC2C3NC4NC(NC5NC(NC6NC(NC(N3)C12)C1CCCCC61)C1CCCCC51)C1CCCCC41. The quantitative estimate of drug-likeness (QED) is 0.204. The molecule has 5 aliphatic heterocycles. The third-order valence-corrected chi connectivity index (χ3v) is 14.2. The van der Waals surface area contributed by atoms with E-state index in [0.29, 0.717) is 59.9 Å². The van der Waals surface area contributed by atoms with Gasteiger partial charge in [-0.3, -0.25) is 42.5 Å². The average molecular weight is 627 g/mol. The van der Waals surface area contributed by atoms with Crippen LogP contribution in [0.15, 0.2) is 0 Å². The van der Waals surface area contributed by atoms with Crippen molar-refractivity contribution >= 4 is 5.97 Å². The molecule has 5 heterocycles. The van der Waals surface area contributed by atoms with Crippen LogP contribution in [0.25, 0.3) is 0 Å². The summed E-state index contributed by atoms with van der Waals surface area (Å²) in [5.41, 5.74) is 0. The van der Waals surface area contributed by atoms with Crippen LogP contribution in [0, 0.1) is 47.3 Å². The standard InChI is InChI=1S/C34H58N8O3/c43-16-25(44)45-24-15-7-14-23-26(24)34-41-32-22-13-6-5-12-21(22)30(39-32)37-28-18-9-2-1-8-17(18)27(35-28)36-29-19-10-3-4-11-20(19)31(38-29)40-33(23)42-34/h17-24,26-43H,1-16H2. The summed E-state index contributed by atoms with van der Waals surface area (Å²) in [5, 5.41) is 42.7. The molecule has 45 heavy (non-hydrogen) atoms. The predicted molar refractivity (Wildman–Crippen MR) is 170 cm³/mol. The van der Waals surface area contributed by atoms with Crippen LogP contribution in [0.1, 0.15) is 96.3 Å². The van der Waals surface area contributed by atoms with Crippen LogP contribution in [-0.2, 0) is 9.53 Å². The fourth-order valence-electron chi connectivity index (χ4n) is 12.3. The summed E-state index contributed by atoms with van der Waals surface area (Å²) in [6.07, 6.45) is 20.5. The number of hydrogen-bond donors (Lipinski definition) is 9. The van der Waals surface area contributed by atoms with Gasteiger partial charge in [0.05, 0.1) is 49.3 Å². The van der Waals surface area contributed by atoms with Crippen molar-refractivity contribution < 1.29 is 14.6 Å². The molecule has 9 N–H and O–H groups in total. The smallest absolute Gasteiger partial charge is 0.332 e. The molecule has 0 radical (unpaired) electrons. The van der Waals surface area contributed by atoms with Crippen molar-refractivity contribution in [2.24, 2.45) is 47.3 Å². The van der Waals surface area contributed by atoms with E-state index in [4.69, 9.17) is 4.74 Å². The maximum Gasteiger partial charge on any atom is 0.332 e. The first-order valence-electron chi connectivity index (χ1n) is 19.0. The fourth-order valence-corrected chi connectivity index (χ4v) is 12.3. The minimum Gasteiger partial charge on any atom is -0.460 e. The Morgan fingerprint density at radius 1 is 0.444 bits per heavy atom. The lowest BCUT2D eigenvalue weighted by Gasteiger charge is -2.38. The summed E-state index contributed by atoms with van der Waals surface area (Å²) in [7, 11) is 0. The molecule has 17 atom stereocenters. The molecule has 0 spiro atoms. The van der Waals surface area contributed by atoms with Crippen LogP contribution in [0.5, 0.6) is 0 Å². The van der Waals surface area contributed by atoms with Gasteiger partial charge in [0.15, 0.2) is 0 Å². The third-order valence-electron chi connectivity index (χ3n) is 14.2. The Labute approximate surface area is 268 Å². The highest BCUT2D eigenvalue weighted by Crippen LogP contribution is 2.46. The van der Waals surface area contributed by atoms with Crippen LogP contribution in [0.2, 0.25) is 0 Å². The number of esters is 1. The van der Waals surface area contributed by atoms with Gasteiger partial charge in [-0.1, -0.05) is 38.5 Å². The highest BCUT2D eigenvalue weighted by molar-refractivity contribution is 5.70. The topological polar surface area (TPSA) is 143 Å². The van der Waals surface area contributed by atoms with Crippen molar-refractivity contribution in [3.8, 4) is 0 Å². The number of aliphatic hydroxyl groups is 1. The van der Waals surface area contributed by atoms with Crippen molar-refractivity contribution in [1.82, 2.24) is 42.5 Å². The van der Waals surface area contributed by atoms with Gasteiger partial charge in [0.2, 0.25) is 0 Å². The highest BCUT2D eigenvalue weighted by Gasteiger charge is 2.56. The first-order chi connectivity index (χ1) is 22.1. The largest absolute Gasteiger partial charge is 0.460 e. The molecule has 11 heteroatoms. The van der Waals surface area contributed by atoms with E-state index < -0.39 is 12.6 Å². The third kappa shape index (κ3) is 5.40. The highest BCUT2D eigenvalue weighted by atomic mass is 16.6. The molecule has 0 aromatic rings. The Morgan fingerprint density at radius 3 is 1.11 bits per heavy atom. The summed E-state index contributed by atoms with van der Waals surface area (Å²) >= 11 is 0. The van der Waals surface area contributed by atoms with Gasteiger partial charge in [0.25, 0.3) is 0 Å². The average Bonchev–Trinajstić information content (AvgIpc) is 3.80.